The van der Waals surface area contributed by atoms with Crippen LogP contribution in [-0.4, -0.2) is 20.7 Å². The fourth-order valence-electron chi connectivity index (χ4n) is 1.04. The smallest absolute Gasteiger partial charge is 0.194 e. The zero-order valence-electron chi connectivity index (χ0n) is 6.52. The van der Waals surface area contributed by atoms with Crippen LogP contribution in [0.5, 0.6) is 0 Å². The van der Waals surface area contributed by atoms with Gasteiger partial charge in [0.2, 0.25) is 0 Å². The summed E-state index contributed by atoms with van der Waals surface area (Å²) in [5, 5.41) is 10.00. The van der Waals surface area contributed by atoms with E-state index in [1.54, 1.807) is 11.8 Å². The second-order valence-electron chi connectivity index (χ2n) is 2.31. The second kappa shape index (κ2) is 3.08. The number of imidazole rings is 1. The maximum Gasteiger partial charge on any atom is 0.194 e. The lowest BCUT2D eigenvalue weighted by atomic mass is 10.6. The number of aromatic nitrogens is 2. The van der Waals surface area contributed by atoms with E-state index in [1.807, 2.05) is 23.1 Å². The monoisotopic (exact) mass is 200 g/mol. The van der Waals surface area contributed by atoms with Gasteiger partial charge in [-0.2, -0.15) is 0 Å². The molecule has 64 valence electrons. The first-order valence-corrected chi connectivity index (χ1v) is 5.50. The topological polar surface area (TPSA) is 37.5 Å². The molecule has 0 saturated heterocycles. The van der Waals surface area contributed by atoms with Gasteiger partial charge in [0.05, 0.1) is 22.7 Å². The maximum absolute atomic E-state index is 8.88. The maximum atomic E-state index is 8.88. The number of hydrogen-bond acceptors (Lipinski definition) is 4. The van der Waals surface area contributed by atoms with Crippen molar-refractivity contribution >= 4 is 28.1 Å². The van der Waals surface area contributed by atoms with E-state index in [9.17, 15) is 0 Å². The molecule has 0 unspecified atom stereocenters. The van der Waals surface area contributed by atoms with Crippen molar-refractivity contribution in [3.8, 4) is 0 Å². The average molecular weight is 200 g/mol. The largest absolute Gasteiger partial charge is 0.391 e. The van der Waals surface area contributed by atoms with Gasteiger partial charge in [0.25, 0.3) is 0 Å². The highest BCUT2D eigenvalue weighted by Gasteiger charge is 2.05. The number of aliphatic hydroxyl groups is 1. The average Bonchev–Trinajstić information content (AvgIpc) is 2.61. The van der Waals surface area contributed by atoms with E-state index in [1.165, 1.54) is 11.3 Å². The SMILES string of the molecule is CSc1cnc2sc(CO)cn12. The van der Waals surface area contributed by atoms with Crippen molar-refractivity contribution in [1.82, 2.24) is 9.38 Å². The summed E-state index contributed by atoms with van der Waals surface area (Å²) < 4.78 is 2.00. The van der Waals surface area contributed by atoms with Crippen molar-refractivity contribution in [2.75, 3.05) is 6.26 Å². The number of nitrogens with zero attached hydrogens (tertiary/aromatic N) is 2. The van der Waals surface area contributed by atoms with Crippen molar-refractivity contribution in [1.29, 1.82) is 0 Å². The van der Waals surface area contributed by atoms with Crippen LogP contribution in [0.15, 0.2) is 17.4 Å². The minimum atomic E-state index is 0.0991. The molecule has 2 rings (SSSR count). The fraction of sp³-hybridized carbons (Fsp3) is 0.286. The molecule has 5 heteroatoms. The van der Waals surface area contributed by atoms with Crippen LogP contribution in [0.25, 0.3) is 4.96 Å². The molecule has 2 aromatic heterocycles. The summed E-state index contributed by atoms with van der Waals surface area (Å²) in [5.74, 6) is 0. The normalized spacial score (nSPS) is 11.2. The molecule has 0 aliphatic heterocycles. The molecule has 2 heterocycles. The van der Waals surface area contributed by atoms with Gasteiger partial charge in [0.1, 0.15) is 0 Å². The molecule has 0 aliphatic rings. The predicted molar refractivity (Wildman–Crippen MR) is 50.8 cm³/mol. The second-order valence-corrected chi connectivity index (χ2v) is 4.23. The van der Waals surface area contributed by atoms with Crippen LogP contribution in [0, 0.1) is 0 Å². The Hall–Kier alpha value is -0.520. The Labute approximate surface area is 78.1 Å². The van der Waals surface area contributed by atoms with Crippen molar-refractivity contribution in [2.24, 2.45) is 0 Å². The van der Waals surface area contributed by atoms with Crippen LogP contribution in [0.4, 0.5) is 0 Å². The molecule has 0 spiro atoms. The lowest BCUT2D eigenvalue weighted by Gasteiger charge is -1.89. The van der Waals surface area contributed by atoms with E-state index in [0.717, 1.165) is 14.9 Å². The Morgan fingerprint density at radius 1 is 1.75 bits per heavy atom. The van der Waals surface area contributed by atoms with Gasteiger partial charge in [0, 0.05) is 6.20 Å². The zero-order valence-corrected chi connectivity index (χ0v) is 8.15. The van der Waals surface area contributed by atoms with Gasteiger partial charge < -0.3 is 5.11 Å². The van der Waals surface area contributed by atoms with Gasteiger partial charge in [-0.05, 0) is 6.26 Å². The standard InChI is InChI=1S/C7H8N2OS2/c1-11-6-2-8-7-9(6)3-5(4-10)12-7/h2-3,10H,4H2,1H3. The van der Waals surface area contributed by atoms with E-state index in [-0.39, 0.29) is 6.61 Å². The number of thiazole rings is 1. The minimum Gasteiger partial charge on any atom is -0.391 e. The van der Waals surface area contributed by atoms with Crippen LogP contribution >= 0.6 is 23.1 Å². The Balaban J connectivity index is 2.60. The fourth-order valence-corrected chi connectivity index (χ4v) is 2.40. The number of fused-ring (bicyclic) bond motifs is 1. The summed E-state index contributed by atoms with van der Waals surface area (Å²) in [7, 11) is 0. The first kappa shape index (κ1) is 8.10. The lowest BCUT2D eigenvalue weighted by molar-refractivity contribution is 0.285. The summed E-state index contributed by atoms with van der Waals surface area (Å²) in [4.78, 5) is 6.11. The van der Waals surface area contributed by atoms with E-state index in [2.05, 4.69) is 4.98 Å². The van der Waals surface area contributed by atoms with E-state index >= 15 is 0 Å². The van der Waals surface area contributed by atoms with Gasteiger partial charge in [-0.3, -0.25) is 4.40 Å². The molecule has 2 aromatic rings. The Bertz CT molecular complexity index is 393. The number of aliphatic hydroxyl groups excluding tert-OH is 1. The third-order valence-corrected chi connectivity index (χ3v) is 3.29. The first-order valence-electron chi connectivity index (χ1n) is 3.45. The third kappa shape index (κ3) is 1.14. The summed E-state index contributed by atoms with van der Waals surface area (Å²) >= 11 is 3.18. The van der Waals surface area contributed by atoms with Gasteiger partial charge in [0.15, 0.2) is 4.96 Å². The molecule has 0 amide bonds. The van der Waals surface area contributed by atoms with Gasteiger partial charge >= 0.3 is 0 Å². The summed E-state index contributed by atoms with van der Waals surface area (Å²) in [5.41, 5.74) is 0. The molecule has 0 saturated carbocycles. The quantitative estimate of drug-likeness (QED) is 0.748. The van der Waals surface area contributed by atoms with Crippen LogP contribution in [0.2, 0.25) is 0 Å². The molecular weight excluding hydrogens is 192 g/mol. The van der Waals surface area contributed by atoms with Crippen molar-refractivity contribution in [3.63, 3.8) is 0 Å². The molecule has 3 nitrogen and oxygen atoms in total. The van der Waals surface area contributed by atoms with Gasteiger partial charge in [-0.25, -0.2) is 4.98 Å². The van der Waals surface area contributed by atoms with Crippen LogP contribution in [-0.2, 0) is 6.61 Å². The highest BCUT2D eigenvalue weighted by atomic mass is 32.2. The highest BCUT2D eigenvalue weighted by Crippen LogP contribution is 2.23. The molecule has 0 radical (unpaired) electrons. The first-order chi connectivity index (χ1) is 5.85. The number of thioether (sulfide) groups is 1. The summed E-state index contributed by atoms with van der Waals surface area (Å²) in [6.45, 7) is 0.0991. The number of rotatable bonds is 2. The number of hydrogen-bond donors (Lipinski definition) is 1. The van der Waals surface area contributed by atoms with Gasteiger partial charge in [-0.15, -0.1) is 11.8 Å². The summed E-state index contributed by atoms with van der Waals surface area (Å²) in [6, 6.07) is 0. The van der Waals surface area contributed by atoms with Crippen molar-refractivity contribution < 1.29 is 5.11 Å². The molecular formula is C7H8N2OS2. The van der Waals surface area contributed by atoms with Gasteiger partial charge in [-0.1, -0.05) is 11.3 Å². The molecule has 0 aromatic carbocycles. The highest BCUT2D eigenvalue weighted by molar-refractivity contribution is 7.98. The Morgan fingerprint density at radius 3 is 3.25 bits per heavy atom. The molecule has 0 fully saturated rings. The molecule has 12 heavy (non-hydrogen) atoms. The van der Waals surface area contributed by atoms with E-state index < -0.39 is 0 Å². The Morgan fingerprint density at radius 2 is 2.58 bits per heavy atom. The predicted octanol–water partition coefficient (Wildman–Crippen LogP) is 1.61. The van der Waals surface area contributed by atoms with Crippen molar-refractivity contribution in [2.45, 2.75) is 11.6 Å². The lowest BCUT2D eigenvalue weighted by Crippen LogP contribution is -1.79. The Kier molecular flexibility index (Phi) is 2.08. The molecule has 1 N–H and O–H groups in total. The van der Waals surface area contributed by atoms with E-state index in [4.69, 9.17) is 5.11 Å². The van der Waals surface area contributed by atoms with Crippen molar-refractivity contribution in [3.05, 3.63) is 17.3 Å². The minimum absolute atomic E-state index is 0.0991. The molecule has 0 bridgehead atoms. The van der Waals surface area contributed by atoms with E-state index in [0.29, 0.717) is 0 Å². The van der Waals surface area contributed by atoms with Crippen LogP contribution < -0.4 is 0 Å². The van der Waals surface area contributed by atoms with Crippen LogP contribution in [0.1, 0.15) is 4.88 Å². The third-order valence-electron chi connectivity index (χ3n) is 1.59. The van der Waals surface area contributed by atoms with Crippen LogP contribution in [0.3, 0.4) is 0 Å². The molecule has 0 atom stereocenters. The zero-order chi connectivity index (χ0) is 8.55. The summed E-state index contributed by atoms with van der Waals surface area (Å²) in [6.07, 6.45) is 5.79. The molecule has 0 aliphatic carbocycles.